The maximum atomic E-state index is 12.4. The van der Waals surface area contributed by atoms with Gasteiger partial charge in [0.1, 0.15) is 0 Å². The summed E-state index contributed by atoms with van der Waals surface area (Å²) in [6.07, 6.45) is 70.8. The number of rotatable bonds is 47. The largest absolute Gasteiger partial charge is 0.394 e. The van der Waals surface area contributed by atoms with Crippen molar-refractivity contribution >= 4 is 5.91 Å². The van der Waals surface area contributed by atoms with Crippen LogP contribution in [-0.2, 0) is 4.79 Å². The van der Waals surface area contributed by atoms with Gasteiger partial charge in [-0.25, -0.2) is 0 Å². The third-order valence-electron chi connectivity index (χ3n) is 11.8. The van der Waals surface area contributed by atoms with Gasteiger partial charge in [-0.2, -0.15) is 0 Å². The van der Waals surface area contributed by atoms with Crippen LogP contribution in [0.5, 0.6) is 0 Å². The lowest BCUT2D eigenvalue weighted by molar-refractivity contribution is -0.123. The van der Waals surface area contributed by atoms with E-state index in [2.05, 4.69) is 67.8 Å². The lowest BCUT2D eigenvalue weighted by Crippen LogP contribution is -2.45. The van der Waals surface area contributed by atoms with E-state index in [0.717, 1.165) is 51.4 Å². The maximum absolute atomic E-state index is 12.4. The fourth-order valence-electron chi connectivity index (χ4n) is 7.82. The number of aliphatic hydroxyl groups excluding tert-OH is 2. The molecule has 2 atom stereocenters. The van der Waals surface area contributed by atoms with Crippen LogP contribution in [0, 0.1) is 0 Å². The molecule has 0 aromatic rings. The summed E-state index contributed by atoms with van der Waals surface area (Å²) in [5.74, 6) is -0.0622. The molecule has 59 heavy (non-hydrogen) atoms. The smallest absolute Gasteiger partial charge is 0.220 e. The minimum atomic E-state index is -0.838. The highest BCUT2D eigenvalue weighted by Crippen LogP contribution is 2.16. The second kappa shape index (κ2) is 50.4. The van der Waals surface area contributed by atoms with Crippen LogP contribution in [0.2, 0.25) is 0 Å². The molecule has 0 saturated carbocycles. The molecule has 0 spiro atoms. The molecule has 3 N–H and O–H groups in total. The van der Waals surface area contributed by atoms with Crippen LogP contribution in [0.15, 0.2) is 60.8 Å². The van der Waals surface area contributed by atoms with E-state index in [1.54, 1.807) is 6.08 Å². The molecule has 344 valence electrons. The summed E-state index contributed by atoms with van der Waals surface area (Å²) in [4.78, 5) is 12.4. The molecule has 0 saturated heterocycles. The summed E-state index contributed by atoms with van der Waals surface area (Å²) in [6.45, 7) is 4.20. The molecular formula is C55H101NO3. The highest BCUT2D eigenvalue weighted by atomic mass is 16.3. The monoisotopic (exact) mass is 824 g/mol. The first-order chi connectivity index (χ1) is 29.2. The number of amides is 1. The molecule has 0 aliphatic rings. The van der Waals surface area contributed by atoms with E-state index in [-0.39, 0.29) is 12.5 Å². The summed E-state index contributed by atoms with van der Waals surface area (Å²) in [5, 5.41) is 23.1. The van der Waals surface area contributed by atoms with Gasteiger partial charge in [-0.3, -0.25) is 4.79 Å². The Kier molecular flexibility index (Phi) is 48.8. The molecule has 0 fully saturated rings. The number of nitrogens with one attached hydrogen (secondary N) is 1. The zero-order chi connectivity index (χ0) is 42.8. The van der Waals surface area contributed by atoms with E-state index in [1.165, 1.54) is 193 Å². The molecule has 0 radical (unpaired) electrons. The van der Waals surface area contributed by atoms with E-state index < -0.39 is 12.1 Å². The predicted octanol–water partition coefficient (Wildman–Crippen LogP) is 16.9. The van der Waals surface area contributed by atoms with E-state index >= 15 is 0 Å². The first-order valence-corrected chi connectivity index (χ1v) is 26.0. The molecule has 0 heterocycles. The van der Waals surface area contributed by atoms with Crippen LogP contribution < -0.4 is 5.32 Å². The number of unbranched alkanes of at least 4 members (excludes halogenated alkanes) is 32. The molecule has 0 bridgehead atoms. The Labute approximate surface area is 368 Å². The van der Waals surface area contributed by atoms with Gasteiger partial charge in [0.25, 0.3) is 0 Å². The Bertz CT molecular complexity index is 981. The van der Waals surface area contributed by atoms with Gasteiger partial charge >= 0.3 is 0 Å². The van der Waals surface area contributed by atoms with Gasteiger partial charge < -0.3 is 15.5 Å². The second-order valence-corrected chi connectivity index (χ2v) is 17.6. The summed E-state index contributed by atoms with van der Waals surface area (Å²) < 4.78 is 0. The van der Waals surface area contributed by atoms with Crippen molar-refractivity contribution in [2.75, 3.05) is 6.61 Å². The van der Waals surface area contributed by atoms with Crippen molar-refractivity contribution in [3.63, 3.8) is 0 Å². The van der Waals surface area contributed by atoms with E-state index in [4.69, 9.17) is 0 Å². The first kappa shape index (κ1) is 57.1. The standard InChI is InChI=1S/C55H101NO3/c1-3-5-7-9-11-13-15-17-19-20-21-22-23-24-25-26-27-28-29-30-31-32-33-34-35-36-37-39-41-43-45-47-49-51-55(59)56-53(52-57)54(58)50-48-46-44-42-40-38-18-16-14-12-10-8-6-4-2/h5,7,11,13,17,19,21-22,48,50,53-54,57-58H,3-4,6,8-10,12,14-16,18,20,23-47,49,51-52H2,1-2H3,(H,56,59)/b7-5-,13-11-,19-17-,22-21-,50-48+. The second-order valence-electron chi connectivity index (χ2n) is 17.6. The zero-order valence-corrected chi connectivity index (χ0v) is 39.5. The first-order valence-electron chi connectivity index (χ1n) is 26.0. The van der Waals surface area contributed by atoms with Crippen molar-refractivity contribution in [1.29, 1.82) is 0 Å². The molecule has 0 rings (SSSR count). The Balaban J connectivity index is 3.45. The number of aliphatic hydroxyl groups is 2. The van der Waals surface area contributed by atoms with Crippen LogP contribution in [0.1, 0.15) is 264 Å². The molecule has 1 amide bonds. The van der Waals surface area contributed by atoms with Gasteiger partial charge in [0, 0.05) is 6.42 Å². The van der Waals surface area contributed by atoms with Crippen molar-refractivity contribution in [1.82, 2.24) is 5.32 Å². The summed E-state index contributed by atoms with van der Waals surface area (Å²) in [6, 6.07) is -0.621. The molecule has 4 nitrogen and oxygen atoms in total. The van der Waals surface area contributed by atoms with Crippen molar-refractivity contribution in [2.45, 2.75) is 276 Å². The Morgan fingerprint density at radius 2 is 0.746 bits per heavy atom. The van der Waals surface area contributed by atoms with Crippen molar-refractivity contribution in [3.05, 3.63) is 60.8 Å². The molecule has 2 unspecified atom stereocenters. The zero-order valence-electron chi connectivity index (χ0n) is 39.5. The van der Waals surface area contributed by atoms with Crippen molar-refractivity contribution in [2.24, 2.45) is 0 Å². The minimum Gasteiger partial charge on any atom is -0.394 e. The van der Waals surface area contributed by atoms with E-state index in [0.29, 0.717) is 6.42 Å². The van der Waals surface area contributed by atoms with E-state index in [9.17, 15) is 15.0 Å². The average molecular weight is 824 g/mol. The molecule has 0 aliphatic heterocycles. The fourth-order valence-corrected chi connectivity index (χ4v) is 7.82. The normalized spacial score (nSPS) is 13.4. The Morgan fingerprint density at radius 1 is 0.424 bits per heavy atom. The average Bonchev–Trinajstić information content (AvgIpc) is 3.24. The molecule has 0 aliphatic carbocycles. The third-order valence-corrected chi connectivity index (χ3v) is 11.8. The quantitative estimate of drug-likeness (QED) is 0.0423. The molecule has 0 aromatic carbocycles. The predicted molar refractivity (Wildman–Crippen MR) is 262 cm³/mol. The highest BCUT2D eigenvalue weighted by molar-refractivity contribution is 5.76. The van der Waals surface area contributed by atoms with Crippen molar-refractivity contribution in [3.8, 4) is 0 Å². The topological polar surface area (TPSA) is 69.6 Å². The lowest BCUT2D eigenvalue weighted by atomic mass is 10.0. The van der Waals surface area contributed by atoms with Gasteiger partial charge in [0.05, 0.1) is 18.8 Å². The van der Waals surface area contributed by atoms with Crippen LogP contribution in [0.3, 0.4) is 0 Å². The number of hydrogen-bond acceptors (Lipinski definition) is 3. The number of hydrogen-bond donors (Lipinski definition) is 3. The van der Waals surface area contributed by atoms with Crippen LogP contribution in [0.4, 0.5) is 0 Å². The van der Waals surface area contributed by atoms with Gasteiger partial charge in [-0.05, 0) is 57.8 Å². The van der Waals surface area contributed by atoms with Crippen molar-refractivity contribution < 1.29 is 15.0 Å². The van der Waals surface area contributed by atoms with Crippen LogP contribution in [-0.4, -0.2) is 34.9 Å². The third kappa shape index (κ3) is 47.0. The summed E-state index contributed by atoms with van der Waals surface area (Å²) in [7, 11) is 0. The summed E-state index contributed by atoms with van der Waals surface area (Å²) >= 11 is 0. The van der Waals surface area contributed by atoms with Gasteiger partial charge in [-0.15, -0.1) is 0 Å². The minimum absolute atomic E-state index is 0.0622. The van der Waals surface area contributed by atoms with Crippen LogP contribution >= 0.6 is 0 Å². The Morgan fingerprint density at radius 3 is 1.12 bits per heavy atom. The van der Waals surface area contributed by atoms with Gasteiger partial charge in [0.15, 0.2) is 0 Å². The van der Waals surface area contributed by atoms with E-state index in [1.807, 2.05) is 6.08 Å². The number of allylic oxidation sites excluding steroid dienone is 9. The maximum Gasteiger partial charge on any atom is 0.220 e. The molecular weight excluding hydrogens is 723 g/mol. The SMILES string of the molecule is CC/C=C\C/C=C\C/C=C\C/C=C\CCCCCCCCCCCCCCCCCCCCCCC(=O)NC(CO)C(O)/C=C/CCCCCCCCCCCCCC. The van der Waals surface area contributed by atoms with Gasteiger partial charge in [0.2, 0.25) is 5.91 Å². The Hall–Kier alpha value is -1.91. The fraction of sp³-hybridized carbons (Fsp3) is 0.800. The van der Waals surface area contributed by atoms with Gasteiger partial charge in [-0.1, -0.05) is 261 Å². The molecule has 4 heteroatoms. The summed E-state index contributed by atoms with van der Waals surface area (Å²) in [5.41, 5.74) is 0. The highest BCUT2D eigenvalue weighted by Gasteiger charge is 2.18. The lowest BCUT2D eigenvalue weighted by Gasteiger charge is -2.20. The number of carbonyl (C=O) groups is 1. The van der Waals surface area contributed by atoms with Crippen LogP contribution in [0.25, 0.3) is 0 Å². The number of carbonyl (C=O) groups excluding carboxylic acids is 1. The molecule has 0 aromatic heterocycles.